The van der Waals surface area contributed by atoms with E-state index in [0.717, 1.165) is 25.2 Å². The molecule has 3 rings (SSSR count). The van der Waals surface area contributed by atoms with Gasteiger partial charge in [-0.25, -0.2) is 0 Å². The van der Waals surface area contributed by atoms with Crippen LogP contribution >= 0.6 is 12.4 Å². The third-order valence-electron chi connectivity index (χ3n) is 4.32. The molecule has 7 heteroatoms. The molecule has 1 aromatic heterocycles. The van der Waals surface area contributed by atoms with Gasteiger partial charge in [0.05, 0.1) is 0 Å². The highest BCUT2D eigenvalue weighted by atomic mass is 35.5. The van der Waals surface area contributed by atoms with E-state index in [1.165, 1.54) is 5.56 Å². The SMILES string of the molecule is CC(C)c1ccc(-c2noc(CCC(=O)NCC3CNC3)n2)cc1.Cl. The molecule has 2 heterocycles. The summed E-state index contributed by atoms with van der Waals surface area (Å²) in [7, 11) is 0. The van der Waals surface area contributed by atoms with Gasteiger partial charge in [-0.3, -0.25) is 4.79 Å². The van der Waals surface area contributed by atoms with E-state index in [9.17, 15) is 4.79 Å². The number of carbonyl (C=O) groups is 1. The summed E-state index contributed by atoms with van der Waals surface area (Å²) in [5.74, 6) is 2.16. The average Bonchev–Trinajstić information content (AvgIpc) is 3.00. The summed E-state index contributed by atoms with van der Waals surface area (Å²) in [4.78, 5) is 16.2. The van der Waals surface area contributed by atoms with Crippen LogP contribution in [0.25, 0.3) is 11.4 Å². The Bertz CT molecular complexity index is 681. The van der Waals surface area contributed by atoms with Crippen LogP contribution in [0.3, 0.4) is 0 Å². The quantitative estimate of drug-likeness (QED) is 0.789. The summed E-state index contributed by atoms with van der Waals surface area (Å²) in [6.45, 7) is 7.04. The summed E-state index contributed by atoms with van der Waals surface area (Å²) in [5, 5.41) is 10.1. The lowest BCUT2D eigenvalue weighted by Gasteiger charge is -2.27. The lowest BCUT2D eigenvalue weighted by atomic mass is 10.0. The van der Waals surface area contributed by atoms with Crippen LogP contribution in [-0.4, -0.2) is 35.7 Å². The van der Waals surface area contributed by atoms with Crippen LogP contribution in [0.5, 0.6) is 0 Å². The van der Waals surface area contributed by atoms with Gasteiger partial charge in [0.2, 0.25) is 17.6 Å². The van der Waals surface area contributed by atoms with Crippen molar-refractivity contribution in [2.75, 3.05) is 19.6 Å². The van der Waals surface area contributed by atoms with Crippen LogP contribution in [-0.2, 0) is 11.2 Å². The molecule has 25 heavy (non-hydrogen) atoms. The van der Waals surface area contributed by atoms with E-state index in [1.54, 1.807) is 0 Å². The molecule has 1 aliphatic rings. The number of carbonyl (C=O) groups excluding carboxylic acids is 1. The molecule has 2 N–H and O–H groups in total. The van der Waals surface area contributed by atoms with Gasteiger partial charge in [-0.1, -0.05) is 43.3 Å². The number of aryl methyl sites for hydroxylation is 1. The summed E-state index contributed by atoms with van der Waals surface area (Å²) in [6.07, 6.45) is 0.833. The Labute approximate surface area is 154 Å². The van der Waals surface area contributed by atoms with Crippen LogP contribution in [0.1, 0.15) is 37.6 Å². The van der Waals surface area contributed by atoms with Crippen molar-refractivity contribution in [3.8, 4) is 11.4 Å². The number of rotatable bonds is 7. The maximum Gasteiger partial charge on any atom is 0.227 e. The van der Waals surface area contributed by atoms with E-state index in [4.69, 9.17) is 4.52 Å². The summed E-state index contributed by atoms with van der Waals surface area (Å²) in [6, 6.07) is 8.17. The smallest absolute Gasteiger partial charge is 0.227 e. The molecule has 0 unspecified atom stereocenters. The van der Waals surface area contributed by atoms with Crippen molar-refractivity contribution in [1.82, 2.24) is 20.8 Å². The van der Waals surface area contributed by atoms with Gasteiger partial charge in [0.25, 0.3) is 0 Å². The summed E-state index contributed by atoms with van der Waals surface area (Å²) < 4.78 is 5.25. The minimum absolute atomic E-state index is 0. The van der Waals surface area contributed by atoms with E-state index in [2.05, 4.69) is 46.8 Å². The molecule has 1 saturated heterocycles. The van der Waals surface area contributed by atoms with Crippen LogP contribution in [0.2, 0.25) is 0 Å². The van der Waals surface area contributed by atoms with Gasteiger partial charge in [-0.15, -0.1) is 12.4 Å². The van der Waals surface area contributed by atoms with Crippen LogP contribution in [0.15, 0.2) is 28.8 Å². The Morgan fingerprint density at radius 3 is 2.64 bits per heavy atom. The minimum Gasteiger partial charge on any atom is -0.356 e. The zero-order valence-electron chi connectivity index (χ0n) is 14.6. The molecular formula is C18H25ClN4O2. The molecular weight excluding hydrogens is 340 g/mol. The number of amides is 1. The third-order valence-corrected chi connectivity index (χ3v) is 4.32. The second kappa shape index (κ2) is 8.97. The Balaban J connectivity index is 0.00000225. The molecule has 0 radical (unpaired) electrons. The lowest BCUT2D eigenvalue weighted by molar-refractivity contribution is -0.121. The van der Waals surface area contributed by atoms with Crippen LogP contribution < -0.4 is 10.6 Å². The molecule has 1 amide bonds. The number of hydrogen-bond donors (Lipinski definition) is 2. The van der Waals surface area contributed by atoms with Gasteiger partial charge in [0.1, 0.15) is 0 Å². The molecule has 136 valence electrons. The lowest BCUT2D eigenvalue weighted by Crippen LogP contribution is -2.48. The molecule has 0 spiro atoms. The van der Waals surface area contributed by atoms with Gasteiger partial charge in [-0.05, 0) is 11.5 Å². The average molecular weight is 365 g/mol. The van der Waals surface area contributed by atoms with Crippen molar-refractivity contribution in [2.45, 2.75) is 32.6 Å². The number of hydrogen-bond acceptors (Lipinski definition) is 5. The second-order valence-corrected chi connectivity index (χ2v) is 6.62. The van der Waals surface area contributed by atoms with Gasteiger partial charge in [0.15, 0.2) is 0 Å². The highest BCUT2D eigenvalue weighted by Crippen LogP contribution is 2.20. The highest BCUT2D eigenvalue weighted by molar-refractivity contribution is 5.85. The number of halogens is 1. The number of aromatic nitrogens is 2. The van der Waals surface area contributed by atoms with Crippen molar-refractivity contribution >= 4 is 18.3 Å². The fourth-order valence-corrected chi connectivity index (χ4v) is 2.55. The van der Waals surface area contributed by atoms with E-state index in [1.807, 2.05) is 12.1 Å². The van der Waals surface area contributed by atoms with Crippen LogP contribution in [0.4, 0.5) is 0 Å². The molecule has 6 nitrogen and oxygen atoms in total. The van der Waals surface area contributed by atoms with Gasteiger partial charge in [-0.2, -0.15) is 4.98 Å². The maximum absolute atomic E-state index is 11.8. The number of benzene rings is 1. The molecule has 1 aromatic carbocycles. The monoisotopic (exact) mass is 364 g/mol. The minimum atomic E-state index is 0. The first-order chi connectivity index (χ1) is 11.6. The Hall–Kier alpha value is -1.92. The predicted octanol–water partition coefficient (Wildman–Crippen LogP) is 2.55. The summed E-state index contributed by atoms with van der Waals surface area (Å²) in [5.41, 5.74) is 2.21. The highest BCUT2D eigenvalue weighted by Gasteiger charge is 2.17. The fraction of sp³-hybridized carbons (Fsp3) is 0.500. The normalized spacial score (nSPS) is 14.0. The molecule has 2 aromatic rings. The Morgan fingerprint density at radius 1 is 1.32 bits per heavy atom. The largest absolute Gasteiger partial charge is 0.356 e. The van der Waals surface area contributed by atoms with E-state index in [-0.39, 0.29) is 18.3 Å². The number of nitrogens with one attached hydrogen (secondary N) is 2. The zero-order valence-corrected chi connectivity index (χ0v) is 15.4. The third kappa shape index (κ3) is 5.28. The van der Waals surface area contributed by atoms with Gasteiger partial charge >= 0.3 is 0 Å². The molecule has 0 aliphatic carbocycles. The first-order valence-corrected chi connectivity index (χ1v) is 8.52. The van der Waals surface area contributed by atoms with Crippen molar-refractivity contribution in [3.63, 3.8) is 0 Å². The first-order valence-electron chi connectivity index (χ1n) is 8.52. The summed E-state index contributed by atoms with van der Waals surface area (Å²) >= 11 is 0. The Morgan fingerprint density at radius 2 is 2.04 bits per heavy atom. The van der Waals surface area contributed by atoms with Crippen molar-refractivity contribution < 1.29 is 9.32 Å². The standard InChI is InChI=1S/C18H24N4O2.ClH/c1-12(2)14-3-5-15(6-4-14)18-21-17(24-22-18)8-7-16(23)20-11-13-9-19-10-13;/h3-6,12-13,19H,7-11H2,1-2H3,(H,20,23);1H. The van der Waals surface area contributed by atoms with E-state index < -0.39 is 0 Å². The molecule has 0 saturated carbocycles. The molecule has 0 atom stereocenters. The molecule has 0 bridgehead atoms. The van der Waals surface area contributed by atoms with Crippen molar-refractivity contribution in [3.05, 3.63) is 35.7 Å². The van der Waals surface area contributed by atoms with Gasteiger partial charge in [0, 0.05) is 44.0 Å². The second-order valence-electron chi connectivity index (χ2n) is 6.62. The van der Waals surface area contributed by atoms with Crippen molar-refractivity contribution in [2.24, 2.45) is 5.92 Å². The van der Waals surface area contributed by atoms with Gasteiger partial charge < -0.3 is 15.2 Å². The van der Waals surface area contributed by atoms with Crippen LogP contribution in [0, 0.1) is 5.92 Å². The maximum atomic E-state index is 11.8. The molecule has 1 fully saturated rings. The fourth-order valence-electron chi connectivity index (χ4n) is 2.55. The topological polar surface area (TPSA) is 80.0 Å². The predicted molar refractivity (Wildman–Crippen MR) is 98.8 cm³/mol. The zero-order chi connectivity index (χ0) is 16.9. The van der Waals surface area contributed by atoms with E-state index >= 15 is 0 Å². The first kappa shape index (κ1) is 19.4. The van der Waals surface area contributed by atoms with E-state index in [0.29, 0.717) is 36.4 Å². The molecule has 1 aliphatic heterocycles. The number of nitrogens with zero attached hydrogens (tertiary/aromatic N) is 2. The Kier molecular flexibility index (Phi) is 6.96. The van der Waals surface area contributed by atoms with Crippen molar-refractivity contribution in [1.29, 1.82) is 0 Å².